The normalized spacial score (nSPS) is 10.1. The third-order valence-electron chi connectivity index (χ3n) is 1.61. The van der Waals surface area contributed by atoms with Gasteiger partial charge in [-0.05, 0) is 6.92 Å². The van der Waals surface area contributed by atoms with Crippen LogP contribution < -0.4 is 4.74 Å². The molecule has 0 aliphatic rings. The number of ether oxygens (including phenoxy) is 1. The molecule has 16 heavy (non-hydrogen) atoms. The van der Waals surface area contributed by atoms with Crippen LogP contribution in [0.4, 0.5) is 17.6 Å². The Morgan fingerprint density at radius 2 is 1.62 bits per heavy atom. The van der Waals surface area contributed by atoms with Crippen LogP contribution in [0.2, 0.25) is 0 Å². The molecule has 0 saturated heterocycles. The summed E-state index contributed by atoms with van der Waals surface area (Å²) in [6.45, 7) is 4.36. The Morgan fingerprint density at radius 3 is 2.00 bits per heavy atom. The molecule has 0 bridgehead atoms. The average Bonchev–Trinajstić information content (AvgIpc) is 2.21. The molecule has 0 N–H and O–H groups in total. The van der Waals surface area contributed by atoms with Crippen molar-refractivity contribution in [1.29, 1.82) is 0 Å². The lowest BCUT2D eigenvalue weighted by atomic mass is 10.3. The molecular weight excluding hydrogens is 228 g/mol. The molecule has 1 rings (SSSR count). The van der Waals surface area contributed by atoms with Crippen LogP contribution in [-0.4, -0.2) is 5.97 Å². The fraction of sp³-hybridized carbons (Fsp3) is 0.100. The van der Waals surface area contributed by atoms with Gasteiger partial charge in [0, 0.05) is 11.6 Å². The number of hydrogen-bond acceptors (Lipinski definition) is 2. The summed E-state index contributed by atoms with van der Waals surface area (Å²) in [5, 5.41) is 0. The summed E-state index contributed by atoms with van der Waals surface area (Å²) in [5.74, 6) is -9.43. The lowest BCUT2D eigenvalue weighted by molar-refractivity contribution is -0.130. The second-order valence-corrected chi connectivity index (χ2v) is 2.97. The molecule has 1 aromatic carbocycles. The van der Waals surface area contributed by atoms with Crippen molar-refractivity contribution in [2.24, 2.45) is 0 Å². The molecule has 0 atom stereocenters. The van der Waals surface area contributed by atoms with Gasteiger partial charge >= 0.3 is 5.97 Å². The summed E-state index contributed by atoms with van der Waals surface area (Å²) in [6.07, 6.45) is 0. The zero-order chi connectivity index (χ0) is 12.5. The summed E-state index contributed by atoms with van der Waals surface area (Å²) in [5.41, 5.74) is -0.163. The summed E-state index contributed by atoms with van der Waals surface area (Å²) < 4.78 is 55.4. The Morgan fingerprint density at radius 1 is 1.19 bits per heavy atom. The van der Waals surface area contributed by atoms with Crippen LogP contribution in [0.15, 0.2) is 18.2 Å². The van der Waals surface area contributed by atoms with Gasteiger partial charge in [-0.2, -0.15) is 8.78 Å². The van der Waals surface area contributed by atoms with Crippen molar-refractivity contribution >= 4 is 5.97 Å². The maximum atomic E-state index is 13.0. The topological polar surface area (TPSA) is 26.3 Å². The van der Waals surface area contributed by atoms with E-state index in [1.165, 1.54) is 6.92 Å². The molecular formula is C10H6F4O2. The second kappa shape index (κ2) is 4.34. The van der Waals surface area contributed by atoms with E-state index in [1.54, 1.807) is 0 Å². The average molecular weight is 234 g/mol. The minimum Gasteiger partial charge on any atom is -0.417 e. The summed E-state index contributed by atoms with van der Waals surface area (Å²) in [6, 6.07) is 0.0166. The zero-order valence-electron chi connectivity index (χ0n) is 8.11. The number of carbonyl (C=O) groups excluding carboxylic acids is 1. The lowest BCUT2D eigenvalue weighted by Crippen LogP contribution is -2.12. The first-order chi connectivity index (χ1) is 7.34. The maximum Gasteiger partial charge on any atom is 0.338 e. The minimum absolute atomic E-state index is 0.0166. The smallest absolute Gasteiger partial charge is 0.338 e. The van der Waals surface area contributed by atoms with Gasteiger partial charge in [-0.1, -0.05) is 6.58 Å². The van der Waals surface area contributed by atoms with Crippen molar-refractivity contribution in [3.05, 3.63) is 41.5 Å². The molecule has 0 radical (unpaired) electrons. The van der Waals surface area contributed by atoms with Crippen LogP contribution in [0.3, 0.4) is 0 Å². The van der Waals surface area contributed by atoms with Crippen LogP contribution in [0, 0.1) is 23.3 Å². The Labute approximate surface area is 88.1 Å². The SMILES string of the molecule is C=C(C)C(=O)Oc1c(F)c(F)cc(F)c1F. The van der Waals surface area contributed by atoms with Gasteiger partial charge in [0.1, 0.15) is 0 Å². The number of benzene rings is 1. The highest BCUT2D eigenvalue weighted by atomic mass is 19.2. The van der Waals surface area contributed by atoms with E-state index in [4.69, 9.17) is 0 Å². The van der Waals surface area contributed by atoms with Crippen LogP contribution in [-0.2, 0) is 4.79 Å². The van der Waals surface area contributed by atoms with E-state index in [0.717, 1.165) is 0 Å². The molecule has 0 spiro atoms. The predicted molar refractivity (Wildman–Crippen MR) is 46.7 cm³/mol. The molecule has 0 heterocycles. The maximum absolute atomic E-state index is 13.0. The summed E-state index contributed by atoms with van der Waals surface area (Å²) in [4.78, 5) is 10.9. The van der Waals surface area contributed by atoms with Crippen molar-refractivity contribution in [3.8, 4) is 5.75 Å². The van der Waals surface area contributed by atoms with Crippen LogP contribution in [0.1, 0.15) is 6.92 Å². The van der Waals surface area contributed by atoms with E-state index in [9.17, 15) is 22.4 Å². The van der Waals surface area contributed by atoms with Gasteiger partial charge < -0.3 is 4.74 Å². The highest BCUT2D eigenvalue weighted by molar-refractivity contribution is 5.88. The molecule has 0 aliphatic heterocycles. The molecule has 0 unspecified atom stereocenters. The minimum atomic E-state index is -1.77. The van der Waals surface area contributed by atoms with Gasteiger partial charge in [0.05, 0.1) is 0 Å². The summed E-state index contributed by atoms with van der Waals surface area (Å²) in [7, 11) is 0. The molecule has 0 amide bonds. The van der Waals surface area contributed by atoms with Gasteiger partial charge in [0.25, 0.3) is 0 Å². The molecule has 6 heteroatoms. The number of carbonyl (C=O) groups is 1. The molecule has 2 nitrogen and oxygen atoms in total. The Bertz CT molecular complexity index is 442. The van der Waals surface area contributed by atoms with Gasteiger partial charge in [-0.25, -0.2) is 13.6 Å². The standard InChI is InChI=1S/C10H6F4O2/c1-4(2)10(15)16-9-7(13)5(11)3-6(12)8(9)14/h3H,1H2,2H3. The molecule has 1 aromatic rings. The van der Waals surface area contributed by atoms with Gasteiger partial charge in [-0.15, -0.1) is 0 Å². The number of halogens is 4. The van der Waals surface area contributed by atoms with Crippen molar-refractivity contribution in [1.82, 2.24) is 0 Å². The second-order valence-electron chi connectivity index (χ2n) is 2.97. The fourth-order valence-electron chi connectivity index (χ4n) is 0.821. The van der Waals surface area contributed by atoms with Gasteiger partial charge in [-0.3, -0.25) is 0 Å². The first-order valence-corrected chi connectivity index (χ1v) is 4.05. The largest absolute Gasteiger partial charge is 0.417 e. The molecule has 0 saturated carbocycles. The highest BCUT2D eigenvalue weighted by Gasteiger charge is 2.22. The molecule has 86 valence electrons. The predicted octanol–water partition coefficient (Wildman–Crippen LogP) is 2.72. The van der Waals surface area contributed by atoms with Crippen LogP contribution in [0.5, 0.6) is 5.75 Å². The van der Waals surface area contributed by atoms with E-state index in [2.05, 4.69) is 11.3 Å². The first-order valence-electron chi connectivity index (χ1n) is 4.05. The monoisotopic (exact) mass is 234 g/mol. The van der Waals surface area contributed by atoms with E-state index >= 15 is 0 Å². The zero-order valence-corrected chi connectivity index (χ0v) is 8.11. The molecule has 0 aliphatic carbocycles. The lowest BCUT2D eigenvalue weighted by Gasteiger charge is -2.07. The Hall–Kier alpha value is -1.85. The number of rotatable bonds is 2. The van der Waals surface area contributed by atoms with Gasteiger partial charge in [0.2, 0.25) is 17.4 Å². The van der Waals surface area contributed by atoms with Crippen molar-refractivity contribution in [3.63, 3.8) is 0 Å². The molecule has 0 aromatic heterocycles. The van der Waals surface area contributed by atoms with E-state index in [1.807, 2.05) is 0 Å². The number of esters is 1. The van der Waals surface area contributed by atoms with E-state index in [0.29, 0.717) is 0 Å². The van der Waals surface area contributed by atoms with Crippen molar-refractivity contribution < 1.29 is 27.1 Å². The third kappa shape index (κ3) is 2.21. The molecule has 0 fully saturated rings. The highest BCUT2D eigenvalue weighted by Crippen LogP contribution is 2.26. The quantitative estimate of drug-likeness (QED) is 0.258. The Kier molecular flexibility index (Phi) is 3.31. The third-order valence-corrected chi connectivity index (χ3v) is 1.61. The van der Waals surface area contributed by atoms with E-state index < -0.39 is 35.0 Å². The van der Waals surface area contributed by atoms with E-state index in [-0.39, 0.29) is 11.6 Å². The van der Waals surface area contributed by atoms with Crippen LogP contribution >= 0.6 is 0 Å². The fourth-order valence-corrected chi connectivity index (χ4v) is 0.821. The van der Waals surface area contributed by atoms with Gasteiger partial charge in [0.15, 0.2) is 11.6 Å². The first kappa shape index (κ1) is 12.2. The van der Waals surface area contributed by atoms with Crippen LogP contribution in [0.25, 0.3) is 0 Å². The van der Waals surface area contributed by atoms with Crippen molar-refractivity contribution in [2.45, 2.75) is 6.92 Å². The van der Waals surface area contributed by atoms with Crippen molar-refractivity contribution in [2.75, 3.05) is 0 Å². The summed E-state index contributed by atoms with van der Waals surface area (Å²) >= 11 is 0. The number of hydrogen-bond donors (Lipinski definition) is 0. The Balaban J connectivity index is 3.22.